The molecular formula is C14H16FN3OS. The summed E-state index contributed by atoms with van der Waals surface area (Å²) in [6.07, 6.45) is 1.62. The van der Waals surface area contributed by atoms with Gasteiger partial charge in [-0.1, -0.05) is 0 Å². The Bertz CT molecular complexity index is 662. The minimum absolute atomic E-state index is 0.0731. The van der Waals surface area contributed by atoms with Crippen molar-refractivity contribution >= 4 is 33.0 Å². The topological polar surface area (TPSA) is 72.4 Å². The van der Waals surface area contributed by atoms with Gasteiger partial charge in [-0.25, -0.2) is 4.39 Å². The largest absolute Gasteiger partial charge is 0.397 e. The fourth-order valence-electron chi connectivity index (χ4n) is 2.49. The second kappa shape index (κ2) is 5.03. The second-order valence-electron chi connectivity index (χ2n) is 5.11. The van der Waals surface area contributed by atoms with Gasteiger partial charge in [-0.2, -0.15) is 0 Å². The maximum atomic E-state index is 13.3. The molecule has 0 saturated carbocycles. The molecule has 1 amide bonds. The van der Waals surface area contributed by atoms with Crippen LogP contribution >= 0.6 is 11.3 Å². The molecule has 1 aromatic heterocycles. The molecule has 2 aromatic rings. The van der Waals surface area contributed by atoms with Gasteiger partial charge in [-0.05, 0) is 31.0 Å². The summed E-state index contributed by atoms with van der Waals surface area (Å²) < 4.78 is 14.1. The summed E-state index contributed by atoms with van der Waals surface area (Å²) in [4.78, 5) is 14.8. The average Bonchev–Trinajstić information content (AvgIpc) is 2.76. The van der Waals surface area contributed by atoms with Crippen LogP contribution < -0.4 is 11.5 Å². The first-order chi connectivity index (χ1) is 9.56. The SMILES string of the molecule is Nc1c(C(=O)N2CCC(N)CC2)sc2ccc(F)cc12. The first kappa shape index (κ1) is 13.3. The molecule has 2 heterocycles. The average molecular weight is 293 g/mol. The lowest BCUT2D eigenvalue weighted by atomic mass is 10.1. The van der Waals surface area contributed by atoms with Crippen LogP contribution in [0.5, 0.6) is 0 Å². The van der Waals surface area contributed by atoms with Crippen LogP contribution in [0.3, 0.4) is 0 Å². The smallest absolute Gasteiger partial charge is 0.266 e. The van der Waals surface area contributed by atoms with Crippen molar-refractivity contribution in [2.24, 2.45) is 5.73 Å². The maximum Gasteiger partial charge on any atom is 0.266 e. The van der Waals surface area contributed by atoms with E-state index in [-0.39, 0.29) is 17.8 Å². The molecule has 0 unspecified atom stereocenters. The first-order valence-corrected chi connectivity index (χ1v) is 7.40. The Morgan fingerprint density at radius 1 is 1.35 bits per heavy atom. The van der Waals surface area contributed by atoms with Crippen LogP contribution in [0.4, 0.5) is 10.1 Å². The number of amides is 1. The number of piperidine rings is 1. The predicted molar refractivity (Wildman–Crippen MR) is 79.3 cm³/mol. The second-order valence-corrected chi connectivity index (χ2v) is 6.17. The van der Waals surface area contributed by atoms with E-state index in [9.17, 15) is 9.18 Å². The number of carbonyl (C=O) groups is 1. The fraction of sp³-hybridized carbons (Fsp3) is 0.357. The number of carbonyl (C=O) groups excluding carboxylic acids is 1. The van der Waals surface area contributed by atoms with Crippen molar-refractivity contribution in [2.75, 3.05) is 18.8 Å². The van der Waals surface area contributed by atoms with Gasteiger partial charge in [0.1, 0.15) is 10.7 Å². The fourth-order valence-corrected chi connectivity index (χ4v) is 3.57. The zero-order valence-electron chi connectivity index (χ0n) is 10.9. The molecule has 0 spiro atoms. The van der Waals surface area contributed by atoms with Crippen LogP contribution in [0, 0.1) is 5.82 Å². The number of benzene rings is 1. The monoisotopic (exact) mass is 293 g/mol. The first-order valence-electron chi connectivity index (χ1n) is 6.58. The Kier molecular flexibility index (Phi) is 3.35. The van der Waals surface area contributed by atoms with Crippen molar-refractivity contribution in [1.29, 1.82) is 0 Å². The lowest BCUT2D eigenvalue weighted by Crippen LogP contribution is -2.42. The van der Waals surface area contributed by atoms with Gasteiger partial charge in [0.25, 0.3) is 5.91 Å². The van der Waals surface area contributed by atoms with Crippen LogP contribution in [0.15, 0.2) is 18.2 Å². The molecule has 1 saturated heterocycles. The molecule has 20 heavy (non-hydrogen) atoms. The van der Waals surface area contributed by atoms with Gasteiger partial charge in [-0.15, -0.1) is 11.3 Å². The molecule has 106 valence electrons. The molecule has 0 bridgehead atoms. The van der Waals surface area contributed by atoms with Gasteiger partial charge in [0.2, 0.25) is 0 Å². The van der Waals surface area contributed by atoms with Gasteiger partial charge in [-0.3, -0.25) is 4.79 Å². The standard InChI is InChI=1S/C14H16FN3OS/c15-8-1-2-11-10(7-8)12(17)13(20-11)14(19)18-5-3-9(16)4-6-18/h1-2,7,9H,3-6,16-17H2. The zero-order chi connectivity index (χ0) is 14.3. The minimum Gasteiger partial charge on any atom is -0.397 e. The van der Waals surface area contributed by atoms with Crippen molar-refractivity contribution in [2.45, 2.75) is 18.9 Å². The van der Waals surface area contributed by atoms with E-state index in [4.69, 9.17) is 11.5 Å². The Morgan fingerprint density at radius 2 is 2.05 bits per heavy atom. The molecule has 4 nitrogen and oxygen atoms in total. The van der Waals surface area contributed by atoms with E-state index >= 15 is 0 Å². The number of nitrogens with zero attached hydrogens (tertiary/aromatic N) is 1. The Morgan fingerprint density at radius 3 is 2.75 bits per heavy atom. The quantitative estimate of drug-likeness (QED) is 0.846. The lowest BCUT2D eigenvalue weighted by Gasteiger charge is -2.29. The van der Waals surface area contributed by atoms with Crippen LogP contribution in [0.2, 0.25) is 0 Å². The minimum atomic E-state index is -0.343. The molecule has 0 radical (unpaired) electrons. The van der Waals surface area contributed by atoms with E-state index in [2.05, 4.69) is 0 Å². The van der Waals surface area contributed by atoms with Crippen LogP contribution in [0.25, 0.3) is 10.1 Å². The highest BCUT2D eigenvalue weighted by Crippen LogP contribution is 2.35. The summed E-state index contributed by atoms with van der Waals surface area (Å²) in [5.41, 5.74) is 12.2. The summed E-state index contributed by atoms with van der Waals surface area (Å²) >= 11 is 1.32. The zero-order valence-corrected chi connectivity index (χ0v) is 11.8. The molecule has 1 fully saturated rings. The highest BCUT2D eigenvalue weighted by atomic mass is 32.1. The van der Waals surface area contributed by atoms with Crippen LogP contribution in [-0.4, -0.2) is 29.9 Å². The van der Waals surface area contributed by atoms with Crippen LogP contribution in [0.1, 0.15) is 22.5 Å². The number of halogens is 1. The number of hydrogen-bond donors (Lipinski definition) is 2. The Labute approximate surface area is 120 Å². The van der Waals surface area contributed by atoms with E-state index in [0.29, 0.717) is 29.0 Å². The van der Waals surface area contributed by atoms with Gasteiger partial charge < -0.3 is 16.4 Å². The Balaban J connectivity index is 1.93. The molecule has 1 aromatic carbocycles. The van der Waals surface area contributed by atoms with E-state index in [0.717, 1.165) is 17.5 Å². The Hall–Kier alpha value is -1.66. The van der Waals surface area contributed by atoms with E-state index in [1.165, 1.54) is 23.5 Å². The molecule has 3 rings (SSSR count). The molecule has 0 aliphatic carbocycles. The number of anilines is 1. The van der Waals surface area contributed by atoms with Gasteiger partial charge in [0, 0.05) is 29.2 Å². The van der Waals surface area contributed by atoms with Crippen molar-refractivity contribution in [1.82, 2.24) is 4.90 Å². The number of likely N-dealkylation sites (tertiary alicyclic amines) is 1. The van der Waals surface area contributed by atoms with Gasteiger partial charge >= 0.3 is 0 Å². The summed E-state index contributed by atoms with van der Waals surface area (Å²) in [7, 11) is 0. The van der Waals surface area contributed by atoms with Crippen molar-refractivity contribution < 1.29 is 9.18 Å². The third-order valence-electron chi connectivity index (χ3n) is 3.71. The summed E-state index contributed by atoms with van der Waals surface area (Å²) in [5, 5.41) is 0.618. The van der Waals surface area contributed by atoms with Crippen molar-refractivity contribution in [3.8, 4) is 0 Å². The van der Waals surface area contributed by atoms with Gasteiger partial charge in [0.05, 0.1) is 5.69 Å². The summed E-state index contributed by atoms with van der Waals surface area (Å²) in [6.45, 7) is 1.31. The third-order valence-corrected chi connectivity index (χ3v) is 4.88. The molecule has 4 N–H and O–H groups in total. The van der Waals surface area contributed by atoms with Crippen molar-refractivity contribution in [3.63, 3.8) is 0 Å². The van der Waals surface area contributed by atoms with Crippen molar-refractivity contribution in [3.05, 3.63) is 28.9 Å². The van der Waals surface area contributed by atoms with E-state index in [1.807, 2.05) is 0 Å². The molecule has 1 aliphatic rings. The highest BCUT2D eigenvalue weighted by molar-refractivity contribution is 7.21. The summed E-state index contributed by atoms with van der Waals surface area (Å²) in [6, 6.07) is 4.60. The van der Waals surface area contributed by atoms with Gasteiger partial charge in [0.15, 0.2) is 0 Å². The lowest BCUT2D eigenvalue weighted by molar-refractivity contribution is 0.0720. The number of nitrogens with two attached hydrogens (primary N) is 2. The van der Waals surface area contributed by atoms with E-state index < -0.39 is 0 Å². The molecular weight excluding hydrogens is 277 g/mol. The summed E-state index contributed by atoms with van der Waals surface area (Å²) in [5.74, 6) is -0.416. The predicted octanol–water partition coefficient (Wildman–Crippen LogP) is 2.19. The molecule has 1 aliphatic heterocycles. The van der Waals surface area contributed by atoms with E-state index in [1.54, 1.807) is 11.0 Å². The molecule has 0 atom stereocenters. The normalized spacial score (nSPS) is 16.8. The number of thiophene rings is 1. The number of rotatable bonds is 1. The number of nitrogen functional groups attached to an aromatic ring is 1. The highest BCUT2D eigenvalue weighted by Gasteiger charge is 2.25. The number of hydrogen-bond acceptors (Lipinski definition) is 4. The number of fused-ring (bicyclic) bond motifs is 1. The molecule has 6 heteroatoms. The van der Waals surface area contributed by atoms with Crippen LogP contribution in [-0.2, 0) is 0 Å². The maximum absolute atomic E-state index is 13.3. The third kappa shape index (κ3) is 2.25.